The molecule has 0 saturated carbocycles. The van der Waals surface area contributed by atoms with Crippen LogP contribution in [0.15, 0.2) is 22.7 Å². The Labute approximate surface area is 110 Å². The molecule has 1 rings (SSSR count). The van der Waals surface area contributed by atoms with E-state index in [1.807, 2.05) is 39.0 Å². The summed E-state index contributed by atoms with van der Waals surface area (Å²) < 4.78 is 6.66. The summed E-state index contributed by atoms with van der Waals surface area (Å²) in [7, 11) is 0. The van der Waals surface area contributed by atoms with Crippen molar-refractivity contribution in [3.05, 3.63) is 28.2 Å². The monoisotopic (exact) mass is 300 g/mol. The average Bonchev–Trinajstić information content (AvgIpc) is 2.18. The minimum atomic E-state index is -0.800. The molecule has 4 heteroatoms. The molecule has 3 nitrogen and oxygen atoms in total. The second-order valence-electron chi connectivity index (χ2n) is 4.93. The number of ether oxygens (including phenoxy) is 1. The Hall–Kier alpha value is -1.03. The Bertz CT molecular complexity index is 413. The summed E-state index contributed by atoms with van der Waals surface area (Å²) in [6, 6.07) is 5.73. The van der Waals surface area contributed by atoms with Crippen LogP contribution in [0.25, 0.3) is 0 Å². The van der Waals surface area contributed by atoms with Crippen LogP contribution in [0.3, 0.4) is 0 Å². The number of carboxylic acids is 1. The van der Waals surface area contributed by atoms with Gasteiger partial charge >= 0.3 is 5.97 Å². The number of carbonyl (C=O) groups is 1. The third-order valence-electron chi connectivity index (χ3n) is 2.39. The van der Waals surface area contributed by atoms with Gasteiger partial charge in [0, 0.05) is 9.89 Å². The first-order valence-electron chi connectivity index (χ1n) is 5.41. The Morgan fingerprint density at radius 1 is 1.47 bits per heavy atom. The van der Waals surface area contributed by atoms with Crippen molar-refractivity contribution in [2.75, 3.05) is 6.61 Å². The molecule has 1 N–H and O–H groups in total. The van der Waals surface area contributed by atoms with Crippen LogP contribution >= 0.6 is 15.9 Å². The zero-order valence-electron chi connectivity index (χ0n) is 10.3. The number of halogens is 1. The van der Waals surface area contributed by atoms with Crippen LogP contribution < -0.4 is 4.74 Å². The summed E-state index contributed by atoms with van der Waals surface area (Å²) >= 11 is 3.42. The molecule has 0 aliphatic heterocycles. The summed E-state index contributed by atoms with van der Waals surface area (Å²) in [5.41, 5.74) is 0.728. The molecule has 94 valence electrons. The second kappa shape index (κ2) is 5.54. The van der Waals surface area contributed by atoms with E-state index in [0.29, 0.717) is 6.61 Å². The van der Waals surface area contributed by atoms with Crippen molar-refractivity contribution < 1.29 is 14.6 Å². The van der Waals surface area contributed by atoms with Gasteiger partial charge in [0.2, 0.25) is 0 Å². The average molecular weight is 301 g/mol. The van der Waals surface area contributed by atoms with Crippen molar-refractivity contribution in [3.8, 4) is 5.75 Å². The number of hydrogen-bond donors (Lipinski definition) is 1. The number of aliphatic carboxylic acids is 1. The van der Waals surface area contributed by atoms with Crippen LogP contribution in [-0.2, 0) is 4.79 Å². The zero-order chi connectivity index (χ0) is 13.1. The van der Waals surface area contributed by atoms with Crippen LogP contribution in [0, 0.1) is 12.3 Å². The van der Waals surface area contributed by atoms with Gasteiger partial charge in [0.05, 0.1) is 13.0 Å². The zero-order valence-corrected chi connectivity index (χ0v) is 11.9. The van der Waals surface area contributed by atoms with Crippen LogP contribution in [0.4, 0.5) is 0 Å². The van der Waals surface area contributed by atoms with E-state index in [1.54, 1.807) is 0 Å². The molecule has 1 aromatic carbocycles. The molecule has 0 spiro atoms. The van der Waals surface area contributed by atoms with Gasteiger partial charge in [0.25, 0.3) is 0 Å². The second-order valence-corrected chi connectivity index (χ2v) is 5.79. The minimum Gasteiger partial charge on any atom is -0.493 e. The molecule has 17 heavy (non-hydrogen) atoms. The number of hydrogen-bond acceptors (Lipinski definition) is 2. The van der Waals surface area contributed by atoms with Crippen molar-refractivity contribution in [2.24, 2.45) is 5.41 Å². The SMILES string of the molecule is Cc1cc(OCC(C)(C)CC(=O)O)ccc1Br. The van der Waals surface area contributed by atoms with Crippen molar-refractivity contribution in [1.82, 2.24) is 0 Å². The summed E-state index contributed by atoms with van der Waals surface area (Å²) in [6.45, 7) is 6.14. The summed E-state index contributed by atoms with van der Waals surface area (Å²) in [5, 5.41) is 8.77. The molecule has 0 unspecified atom stereocenters. The van der Waals surface area contributed by atoms with Gasteiger partial charge in [0.1, 0.15) is 5.75 Å². The van der Waals surface area contributed by atoms with Crippen molar-refractivity contribution in [1.29, 1.82) is 0 Å². The molecule has 0 fully saturated rings. The minimum absolute atomic E-state index is 0.0997. The largest absolute Gasteiger partial charge is 0.493 e. The molecule has 1 aromatic rings. The summed E-state index contributed by atoms with van der Waals surface area (Å²) in [4.78, 5) is 10.7. The first-order valence-corrected chi connectivity index (χ1v) is 6.20. The maximum Gasteiger partial charge on any atom is 0.304 e. The van der Waals surface area contributed by atoms with E-state index in [9.17, 15) is 4.79 Å². The number of aryl methyl sites for hydroxylation is 1. The topological polar surface area (TPSA) is 46.5 Å². The van der Waals surface area contributed by atoms with E-state index in [1.165, 1.54) is 0 Å². The van der Waals surface area contributed by atoms with E-state index < -0.39 is 5.97 Å². The van der Waals surface area contributed by atoms with E-state index in [4.69, 9.17) is 9.84 Å². The molecule has 0 saturated heterocycles. The lowest BCUT2D eigenvalue weighted by Gasteiger charge is -2.22. The van der Waals surface area contributed by atoms with Gasteiger partial charge in [-0.15, -0.1) is 0 Å². The maximum absolute atomic E-state index is 10.7. The highest BCUT2D eigenvalue weighted by Crippen LogP contribution is 2.25. The van der Waals surface area contributed by atoms with Gasteiger partial charge in [-0.25, -0.2) is 0 Å². The number of benzene rings is 1. The first kappa shape index (κ1) is 14.0. The lowest BCUT2D eigenvalue weighted by atomic mass is 9.91. The molecule has 0 aliphatic carbocycles. The third-order valence-corrected chi connectivity index (χ3v) is 3.28. The molecular formula is C13H17BrO3. The van der Waals surface area contributed by atoms with E-state index in [-0.39, 0.29) is 11.8 Å². The lowest BCUT2D eigenvalue weighted by molar-refractivity contribution is -0.139. The van der Waals surface area contributed by atoms with Gasteiger partial charge < -0.3 is 9.84 Å². The smallest absolute Gasteiger partial charge is 0.304 e. The molecule has 0 atom stereocenters. The normalized spacial score (nSPS) is 11.3. The van der Waals surface area contributed by atoms with Crippen molar-refractivity contribution in [3.63, 3.8) is 0 Å². The molecule has 0 radical (unpaired) electrons. The van der Waals surface area contributed by atoms with Crippen LogP contribution in [0.2, 0.25) is 0 Å². The fraction of sp³-hybridized carbons (Fsp3) is 0.462. The molecule has 0 aliphatic rings. The highest BCUT2D eigenvalue weighted by molar-refractivity contribution is 9.10. The standard InChI is InChI=1S/C13H17BrO3/c1-9-6-10(4-5-11(9)14)17-8-13(2,3)7-12(15)16/h4-6H,7-8H2,1-3H3,(H,15,16). The van der Waals surface area contributed by atoms with Gasteiger partial charge in [-0.2, -0.15) is 0 Å². The first-order chi connectivity index (χ1) is 7.80. The van der Waals surface area contributed by atoms with Gasteiger partial charge in [-0.3, -0.25) is 4.79 Å². The maximum atomic E-state index is 10.7. The molecule has 0 bridgehead atoms. The van der Waals surface area contributed by atoms with Gasteiger partial charge in [0.15, 0.2) is 0 Å². The molecule has 0 aromatic heterocycles. The van der Waals surface area contributed by atoms with E-state index in [2.05, 4.69) is 15.9 Å². The highest BCUT2D eigenvalue weighted by atomic mass is 79.9. The Morgan fingerprint density at radius 2 is 2.12 bits per heavy atom. The Kier molecular flexibility index (Phi) is 4.57. The van der Waals surface area contributed by atoms with Crippen LogP contribution in [-0.4, -0.2) is 17.7 Å². The number of rotatable bonds is 5. The van der Waals surface area contributed by atoms with Crippen molar-refractivity contribution in [2.45, 2.75) is 27.2 Å². The predicted molar refractivity (Wildman–Crippen MR) is 70.4 cm³/mol. The van der Waals surface area contributed by atoms with Gasteiger partial charge in [-0.1, -0.05) is 29.8 Å². The van der Waals surface area contributed by atoms with Gasteiger partial charge in [-0.05, 0) is 30.7 Å². The summed E-state index contributed by atoms with van der Waals surface area (Å²) in [5.74, 6) is -0.0326. The van der Waals surface area contributed by atoms with Crippen molar-refractivity contribution >= 4 is 21.9 Å². The lowest BCUT2D eigenvalue weighted by Crippen LogP contribution is -2.24. The van der Waals surface area contributed by atoms with Crippen LogP contribution in [0.1, 0.15) is 25.8 Å². The molecular weight excluding hydrogens is 284 g/mol. The third kappa shape index (κ3) is 4.77. The Morgan fingerprint density at radius 3 is 2.65 bits per heavy atom. The molecule has 0 heterocycles. The van der Waals surface area contributed by atoms with Crippen LogP contribution in [0.5, 0.6) is 5.75 Å². The molecule has 0 amide bonds. The highest BCUT2D eigenvalue weighted by Gasteiger charge is 2.22. The Balaban J connectivity index is 2.60. The summed E-state index contributed by atoms with van der Waals surface area (Å²) in [6.07, 6.45) is 0.0997. The quantitative estimate of drug-likeness (QED) is 0.903. The number of carboxylic acid groups (broad SMARTS) is 1. The fourth-order valence-corrected chi connectivity index (χ4v) is 1.69. The fourth-order valence-electron chi connectivity index (χ4n) is 1.45. The van der Waals surface area contributed by atoms with E-state index in [0.717, 1.165) is 15.8 Å². The van der Waals surface area contributed by atoms with E-state index >= 15 is 0 Å². The predicted octanol–water partition coefficient (Wildman–Crippen LogP) is 3.64.